The van der Waals surface area contributed by atoms with E-state index in [0.717, 1.165) is 25.2 Å². The molecule has 4 heteroatoms. The fourth-order valence-corrected chi connectivity index (χ4v) is 3.60. The monoisotopic (exact) mass is 268 g/mol. The molecule has 1 aromatic rings. The van der Waals surface area contributed by atoms with Gasteiger partial charge in [0.15, 0.2) is 0 Å². The number of rotatable bonds is 6. The van der Waals surface area contributed by atoms with Gasteiger partial charge in [0.05, 0.1) is 11.2 Å². The van der Waals surface area contributed by atoms with Gasteiger partial charge in [-0.25, -0.2) is 4.98 Å². The molecule has 0 unspecified atom stereocenters. The van der Waals surface area contributed by atoms with Crippen LogP contribution in [0.4, 0.5) is 0 Å². The first-order valence-electron chi connectivity index (χ1n) is 6.96. The molecule has 0 saturated heterocycles. The highest BCUT2D eigenvalue weighted by atomic mass is 32.1. The Kier molecular flexibility index (Phi) is 5.15. The lowest BCUT2D eigenvalue weighted by atomic mass is 9.74. The van der Waals surface area contributed by atoms with Crippen LogP contribution in [0.25, 0.3) is 0 Å². The van der Waals surface area contributed by atoms with E-state index in [2.05, 4.69) is 17.2 Å². The minimum atomic E-state index is 0.154. The second-order valence-corrected chi connectivity index (χ2v) is 6.45. The lowest BCUT2D eigenvalue weighted by molar-refractivity contribution is 0.0817. The molecule has 2 rings (SSSR count). The molecule has 0 radical (unpaired) electrons. The number of nitrogens with zero attached hydrogens (tertiary/aromatic N) is 1. The molecule has 1 fully saturated rings. The predicted octanol–water partition coefficient (Wildman–Crippen LogP) is 2.53. The zero-order chi connectivity index (χ0) is 12.8. The van der Waals surface area contributed by atoms with Crippen LogP contribution in [-0.4, -0.2) is 29.8 Å². The molecule has 0 aliphatic heterocycles. The molecule has 1 aliphatic carbocycles. The second-order valence-electron chi connectivity index (χ2n) is 5.51. The fraction of sp³-hybridized carbons (Fsp3) is 0.786. The molecule has 1 heterocycles. The summed E-state index contributed by atoms with van der Waals surface area (Å²) in [4.78, 5) is 5.64. The number of aryl methyl sites for hydroxylation is 1. The predicted molar refractivity (Wildman–Crippen MR) is 76.0 cm³/mol. The van der Waals surface area contributed by atoms with Gasteiger partial charge in [-0.1, -0.05) is 19.3 Å². The Morgan fingerprint density at radius 1 is 1.39 bits per heavy atom. The topological polar surface area (TPSA) is 45.2 Å². The summed E-state index contributed by atoms with van der Waals surface area (Å²) in [5.74, 6) is 0. The van der Waals surface area contributed by atoms with Gasteiger partial charge in [0.2, 0.25) is 0 Å². The summed E-state index contributed by atoms with van der Waals surface area (Å²) in [7, 11) is 0. The SMILES string of the molecule is Cc1ncsc1CCNCC1(CO)CCCCC1. The third kappa shape index (κ3) is 3.53. The van der Waals surface area contributed by atoms with E-state index in [9.17, 15) is 5.11 Å². The summed E-state index contributed by atoms with van der Waals surface area (Å²) >= 11 is 1.74. The molecule has 1 aliphatic rings. The number of hydrogen-bond donors (Lipinski definition) is 2. The van der Waals surface area contributed by atoms with Crippen molar-refractivity contribution < 1.29 is 5.11 Å². The first kappa shape index (κ1) is 14.0. The first-order valence-corrected chi connectivity index (χ1v) is 7.84. The standard InChI is InChI=1S/C14H24N2OS/c1-12-13(18-11-16-12)5-8-15-9-14(10-17)6-3-2-4-7-14/h11,15,17H,2-10H2,1H3. The van der Waals surface area contributed by atoms with Crippen LogP contribution in [-0.2, 0) is 6.42 Å². The van der Waals surface area contributed by atoms with Crippen molar-refractivity contribution in [1.82, 2.24) is 10.3 Å². The molecule has 0 spiro atoms. The molecule has 0 atom stereocenters. The van der Waals surface area contributed by atoms with Gasteiger partial charge < -0.3 is 10.4 Å². The van der Waals surface area contributed by atoms with Crippen LogP contribution in [0.2, 0.25) is 0 Å². The van der Waals surface area contributed by atoms with Crippen molar-refractivity contribution in [2.24, 2.45) is 5.41 Å². The summed E-state index contributed by atoms with van der Waals surface area (Å²) in [6.45, 7) is 4.36. The highest BCUT2D eigenvalue weighted by Crippen LogP contribution is 2.35. The minimum absolute atomic E-state index is 0.154. The quantitative estimate of drug-likeness (QED) is 0.779. The van der Waals surface area contributed by atoms with Crippen LogP contribution < -0.4 is 5.32 Å². The van der Waals surface area contributed by atoms with Crippen molar-refractivity contribution in [2.75, 3.05) is 19.7 Å². The van der Waals surface area contributed by atoms with Crippen LogP contribution in [0.5, 0.6) is 0 Å². The smallest absolute Gasteiger partial charge is 0.0797 e. The van der Waals surface area contributed by atoms with E-state index >= 15 is 0 Å². The van der Waals surface area contributed by atoms with Crippen LogP contribution in [0.15, 0.2) is 5.51 Å². The molecular formula is C14H24N2OS. The van der Waals surface area contributed by atoms with Gasteiger partial charge in [-0.05, 0) is 26.2 Å². The summed E-state index contributed by atoms with van der Waals surface area (Å²) in [6, 6.07) is 0. The molecule has 3 nitrogen and oxygen atoms in total. The van der Waals surface area contributed by atoms with Gasteiger partial charge in [0.1, 0.15) is 0 Å². The lowest BCUT2D eigenvalue weighted by Crippen LogP contribution is -2.39. The van der Waals surface area contributed by atoms with Gasteiger partial charge >= 0.3 is 0 Å². The normalized spacial score (nSPS) is 19.0. The van der Waals surface area contributed by atoms with Crippen molar-refractivity contribution in [3.8, 4) is 0 Å². The van der Waals surface area contributed by atoms with Crippen molar-refractivity contribution in [3.63, 3.8) is 0 Å². The molecule has 0 aromatic carbocycles. The average Bonchev–Trinajstić information content (AvgIpc) is 2.82. The van der Waals surface area contributed by atoms with Gasteiger partial charge in [-0.2, -0.15) is 0 Å². The Hall–Kier alpha value is -0.450. The highest BCUT2D eigenvalue weighted by Gasteiger charge is 2.30. The first-order chi connectivity index (χ1) is 8.76. The molecule has 102 valence electrons. The van der Waals surface area contributed by atoms with Crippen LogP contribution >= 0.6 is 11.3 Å². The maximum Gasteiger partial charge on any atom is 0.0797 e. The Bertz CT molecular complexity index is 358. The highest BCUT2D eigenvalue weighted by molar-refractivity contribution is 7.09. The average molecular weight is 268 g/mol. The zero-order valence-corrected chi connectivity index (χ0v) is 12.1. The largest absolute Gasteiger partial charge is 0.396 e. The number of hydrogen-bond acceptors (Lipinski definition) is 4. The number of aliphatic hydroxyl groups is 1. The third-order valence-corrected chi connectivity index (χ3v) is 5.12. The maximum atomic E-state index is 9.62. The molecule has 2 N–H and O–H groups in total. The van der Waals surface area contributed by atoms with Gasteiger partial charge in [0, 0.05) is 30.0 Å². The molecule has 18 heavy (non-hydrogen) atoms. The summed E-state index contributed by atoms with van der Waals surface area (Å²) < 4.78 is 0. The number of aliphatic hydroxyl groups excluding tert-OH is 1. The van der Waals surface area contributed by atoms with Crippen molar-refractivity contribution >= 4 is 11.3 Å². The Balaban J connectivity index is 1.72. The van der Waals surface area contributed by atoms with E-state index in [1.54, 1.807) is 11.3 Å². The van der Waals surface area contributed by atoms with Crippen molar-refractivity contribution in [2.45, 2.75) is 45.4 Å². The third-order valence-electron chi connectivity index (χ3n) is 4.12. The van der Waals surface area contributed by atoms with E-state index < -0.39 is 0 Å². The van der Waals surface area contributed by atoms with Crippen LogP contribution in [0.3, 0.4) is 0 Å². The van der Waals surface area contributed by atoms with Gasteiger partial charge in [0.25, 0.3) is 0 Å². The van der Waals surface area contributed by atoms with Crippen LogP contribution in [0, 0.1) is 12.3 Å². The minimum Gasteiger partial charge on any atom is -0.396 e. The number of aromatic nitrogens is 1. The Labute approximate surface area is 114 Å². The summed E-state index contributed by atoms with van der Waals surface area (Å²) in [5, 5.41) is 13.2. The van der Waals surface area contributed by atoms with Gasteiger partial charge in [-0.3, -0.25) is 0 Å². The fourth-order valence-electron chi connectivity index (χ4n) is 2.81. The summed E-state index contributed by atoms with van der Waals surface area (Å²) in [6.07, 6.45) is 7.29. The van der Waals surface area contributed by atoms with Gasteiger partial charge in [-0.15, -0.1) is 11.3 Å². The van der Waals surface area contributed by atoms with E-state index in [-0.39, 0.29) is 5.41 Å². The lowest BCUT2D eigenvalue weighted by Gasteiger charge is -2.35. The van der Waals surface area contributed by atoms with E-state index in [4.69, 9.17) is 0 Å². The Morgan fingerprint density at radius 3 is 2.78 bits per heavy atom. The van der Waals surface area contributed by atoms with Crippen LogP contribution in [0.1, 0.15) is 42.7 Å². The zero-order valence-electron chi connectivity index (χ0n) is 11.2. The van der Waals surface area contributed by atoms with Crippen molar-refractivity contribution in [1.29, 1.82) is 0 Å². The second kappa shape index (κ2) is 6.64. The number of thiazole rings is 1. The summed E-state index contributed by atoms with van der Waals surface area (Å²) in [5.41, 5.74) is 3.23. The maximum absolute atomic E-state index is 9.62. The van der Waals surface area contributed by atoms with Crippen molar-refractivity contribution in [3.05, 3.63) is 16.1 Å². The molecule has 1 saturated carbocycles. The molecule has 0 bridgehead atoms. The Morgan fingerprint density at radius 2 is 2.17 bits per heavy atom. The molecule has 0 amide bonds. The van der Waals surface area contributed by atoms with E-state index in [1.807, 2.05) is 5.51 Å². The van der Waals surface area contributed by atoms with E-state index in [0.29, 0.717) is 6.61 Å². The molecular weight excluding hydrogens is 244 g/mol. The molecule has 1 aromatic heterocycles. The number of nitrogens with one attached hydrogen (secondary N) is 1. The van der Waals surface area contributed by atoms with E-state index in [1.165, 1.54) is 37.0 Å².